The van der Waals surface area contributed by atoms with E-state index in [4.69, 9.17) is 16.3 Å². The lowest BCUT2D eigenvalue weighted by Gasteiger charge is -2.27. The van der Waals surface area contributed by atoms with Crippen LogP contribution in [0.3, 0.4) is 0 Å². The number of nitrogens with one attached hydrogen (secondary N) is 2. The first kappa shape index (κ1) is 23.1. The van der Waals surface area contributed by atoms with Gasteiger partial charge in [0.05, 0.1) is 24.1 Å². The highest BCUT2D eigenvalue weighted by atomic mass is 35.5. The minimum absolute atomic E-state index is 0.0791. The SMILES string of the molecule is O=C(CNc1ccc2c(c1)CC1CCC(C2)C1NS(=O)(=O)c1ccc(Cl)s1)N1CCOCC1. The quantitative estimate of drug-likeness (QED) is 0.624. The minimum Gasteiger partial charge on any atom is -0.378 e. The molecule has 1 amide bonds. The van der Waals surface area contributed by atoms with E-state index >= 15 is 0 Å². The first-order valence-electron chi connectivity index (χ1n) is 11.4. The molecule has 2 N–H and O–H groups in total. The molecule has 178 valence electrons. The summed E-state index contributed by atoms with van der Waals surface area (Å²) in [5.74, 6) is 0.616. The molecule has 2 aliphatic carbocycles. The van der Waals surface area contributed by atoms with Gasteiger partial charge in [0.2, 0.25) is 15.9 Å². The zero-order valence-electron chi connectivity index (χ0n) is 18.3. The van der Waals surface area contributed by atoms with Crippen molar-refractivity contribution in [2.45, 2.75) is 35.9 Å². The molecule has 2 heterocycles. The van der Waals surface area contributed by atoms with Gasteiger partial charge in [0.1, 0.15) is 4.21 Å². The van der Waals surface area contributed by atoms with Gasteiger partial charge < -0.3 is 15.0 Å². The molecule has 3 aliphatic rings. The first-order chi connectivity index (χ1) is 15.9. The largest absolute Gasteiger partial charge is 0.378 e. The van der Waals surface area contributed by atoms with Crippen LogP contribution in [0, 0.1) is 11.8 Å². The van der Waals surface area contributed by atoms with Crippen LogP contribution >= 0.6 is 22.9 Å². The van der Waals surface area contributed by atoms with Crippen molar-refractivity contribution in [1.29, 1.82) is 0 Å². The summed E-state index contributed by atoms with van der Waals surface area (Å²) in [5.41, 5.74) is 3.45. The number of thiophene rings is 1. The van der Waals surface area contributed by atoms with Gasteiger partial charge in [-0.15, -0.1) is 11.3 Å². The summed E-state index contributed by atoms with van der Waals surface area (Å²) in [6.45, 7) is 2.73. The molecule has 1 saturated heterocycles. The van der Waals surface area contributed by atoms with Crippen LogP contribution in [0.25, 0.3) is 0 Å². The summed E-state index contributed by atoms with van der Waals surface area (Å²) >= 11 is 7.05. The van der Waals surface area contributed by atoms with Gasteiger partial charge in [0.15, 0.2) is 0 Å². The van der Waals surface area contributed by atoms with Gasteiger partial charge in [0.25, 0.3) is 0 Å². The van der Waals surface area contributed by atoms with Crippen molar-refractivity contribution in [3.8, 4) is 0 Å². The molecule has 1 aliphatic heterocycles. The summed E-state index contributed by atoms with van der Waals surface area (Å²) in [6, 6.07) is 9.39. The van der Waals surface area contributed by atoms with Gasteiger partial charge in [-0.2, -0.15) is 0 Å². The zero-order valence-corrected chi connectivity index (χ0v) is 20.6. The second-order valence-electron chi connectivity index (χ2n) is 9.04. The Balaban J connectivity index is 1.26. The fourth-order valence-electron chi connectivity index (χ4n) is 5.29. The van der Waals surface area contributed by atoms with Crippen LogP contribution in [-0.2, 0) is 32.4 Å². The maximum absolute atomic E-state index is 12.9. The minimum atomic E-state index is -3.58. The van der Waals surface area contributed by atoms with Gasteiger partial charge in [-0.05, 0) is 72.9 Å². The Morgan fingerprint density at radius 3 is 2.52 bits per heavy atom. The summed E-state index contributed by atoms with van der Waals surface area (Å²) in [4.78, 5) is 14.3. The second kappa shape index (κ2) is 9.54. The third-order valence-electron chi connectivity index (χ3n) is 7.01. The van der Waals surface area contributed by atoms with Crippen LogP contribution in [0.4, 0.5) is 5.69 Å². The summed E-state index contributed by atoms with van der Waals surface area (Å²) < 4.78 is 34.9. The lowest BCUT2D eigenvalue weighted by Crippen LogP contribution is -2.43. The first-order valence-corrected chi connectivity index (χ1v) is 14.1. The maximum atomic E-state index is 12.9. The maximum Gasteiger partial charge on any atom is 0.250 e. The van der Waals surface area contributed by atoms with Crippen molar-refractivity contribution >= 4 is 44.6 Å². The molecule has 1 aromatic heterocycles. The fraction of sp³-hybridized carbons (Fsp3) is 0.522. The standard InChI is InChI=1S/C23H28ClN3O4S2/c24-20-5-6-22(32-20)33(29,30)26-23-16-1-2-17(23)12-18-13-19(4-3-15(18)11-16)25-14-21(28)27-7-9-31-10-8-27/h3-6,13,16-17,23,25-26H,1-2,7-12,14H2. The predicted octanol–water partition coefficient (Wildman–Crippen LogP) is 3.14. The van der Waals surface area contributed by atoms with E-state index in [-0.39, 0.29) is 34.5 Å². The highest BCUT2D eigenvalue weighted by molar-refractivity contribution is 7.91. The molecular weight excluding hydrogens is 482 g/mol. The molecule has 33 heavy (non-hydrogen) atoms. The number of halogens is 1. The molecule has 0 spiro atoms. The zero-order chi connectivity index (χ0) is 23.0. The molecule has 2 aromatic rings. The number of sulfonamides is 1. The number of carbonyl (C=O) groups excluding carboxylic acids is 1. The average molecular weight is 510 g/mol. The number of benzene rings is 1. The second-order valence-corrected chi connectivity index (χ2v) is 12.7. The van der Waals surface area contributed by atoms with Crippen molar-refractivity contribution in [2.24, 2.45) is 11.8 Å². The van der Waals surface area contributed by atoms with Crippen molar-refractivity contribution in [3.63, 3.8) is 0 Å². The number of morpholine rings is 1. The van der Waals surface area contributed by atoms with Crippen LogP contribution in [-0.4, -0.2) is 58.1 Å². The number of ether oxygens (including phenoxy) is 1. The Morgan fingerprint density at radius 2 is 1.82 bits per heavy atom. The molecule has 7 nitrogen and oxygen atoms in total. The normalized spacial score (nSPS) is 24.9. The van der Waals surface area contributed by atoms with Crippen molar-refractivity contribution < 1.29 is 17.9 Å². The molecule has 1 saturated carbocycles. The van der Waals surface area contributed by atoms with E-state index in [0.717, 1.165) is 42.7 Å². The molecule has 3 atom stereocenters. The van der Waals surface area contributed by atoms with Crippen molar-refractivity contribution in [2.75, 3.05) is 38.2 Å². The Bertz CT molecular complexity index is 1130. The highest BCUT2D eigenvalue weighted by Gasteiger charge is 2.41. The number of fused-ring (bicyclic) bond motifs is 3. The molecule has 3 unspecified atom stereocenters. The molecule has 2 fully saturated rings. The molecule has 5 rings (SSSR count). The monoisotopic (exact) mass is 509 g/mol. The molecule has 0 radical (unpaired) electrons. The Hall–Kier alpha value is -1.65. The van der Waals surface area contributed by atoms with E-state index in [0.29, 0.717) is 30.6 Å². The van der Waals surface area contributed by atoms with Gasteiger partial charge in [-0.1, -0.05) is 17.7 Å². The highest BCUT2D eigenvalue weighted by Crippen LogP contribution is 2.41. The lowest BCUT2D eigenvalue weighted by molar-refractivity contribution is -0.133. The van der Waals surface area contributed by atoms with Gasteiger partial charge in [-0.3, -0.25) is 4.79 Å². The third kappa shape index (κ3) is 5.07. The van der Waals surface area contributed by atoms with Crippen LogP contribution in [0.1, 0.15) is 24.0 Å². The fourth-order valence-corrected chi connectivity index (χ4v) is 8.17. The Labute approximate surface area is 203 Å². The van der Waals surface area contributed by atoms with E-state index < -0.39 is 10.0 Å². The summed E-state index contributed by atoms with van der Waals surface area (Å²) in [5, 5.41) is 3.27. The predicted molar refractivity (Wildman–Crippen MR) is 129 cm³/mol. The Morgan fingerprint density at radius 1 is 1.09 bits per heavy atom. The van der Waals surface area contributed by atoms with E-state index in [1.807, 2.05) is 11.0 Å². The molecular formula is C23H28ClN3O4S2. The summed E-state index contributed by atoms with van der Waals surface area (Å²) in [6.07, 6.45) is 3.72. The molecule has 10 heteroatoms. The number of anilines is 1. The lowest BCUT2D eigenvalue weighted by atomic mass is 9.93. The number of hydrogen-bond donors (Lipinski definition) is 2. The van der Waals surface area contributed by atoms with Crippen LogP contribution in [0.15, 0.2) is 34.5 Å². The number of hydrogen-bond acceptors (Lipinski definition) is 6. The van der Waals surface area contributed by atoms with E-state index in [2.05, 4.69) is 22.2 Å². The number of amides is 1. The van der Waals surface area contributed by atoms with Gasteiger partial charge in [-0.25, -0.2) is 13.1 Å². The van der Waals surface area contributed by atoms with E-state index in [1.165, 1.54) is 11.1 Å². The van der Waals surface area contributed by atoms with E-state index in [1.54, 1.807) is 12.1 Å². The Kier molecular flexibility index (Phi) is 6.68. The molecule has 1 aromatic carbocycles. The summed E-state index contributed by atoms with van der Waals surface area (Å²) in [7, 11) is -3.58. The smallest absolute Gasteiger partial charge is 0.250 e. The third-order valence-corrected chi connectivity index (χ3v) is 10.2. The van der Waals surface area contributed by atoms with Gasteiger partial charge in [0, 0.05) is 24.8 Å². The topological polar surface area (TPSA) is 87.7 Å². The number of carbonyl (C=O) groups is 1. The number of nitrogens with zero attached hydrogens (tertiary/aromatic N) is 1. The van der Waals surface area contributed by atoms with Crippen LogP contribution in [0.5, 0.6) is 0 Å². The molecule has 2 bridgehead atoms. The number of rotatable bonds is 6. The van der Waals surface area contributed by atoms with Crippen LogP contribution < -0.4 is 10.0 Å². The van der Waals surface area contributed by atoms with Crippen molar-refractivity contribution in [3.05, 3.63) is 45.8 Å². The van der Waals surface area contributed by atoms with Gasteiger partial charge >= 0.3 is 0 Å². The van der Waals surface area contributed by atoms with E-state index in [9.17, 15) is 13.2 Å². The van der Waals surface area contributed by atoms with Crippen LogP contribution in [0.2, 0.25) is 4.34 Å². The average Bonchev–Trinajstić information content (AvgIpc) is 3.36. The van der Waals surface area contributed by atoms with Crippen molar-refractivity contribution in [1.82, 2.24) is 9.62 Å².